The molecule has 1 unspecified atom stereocenters. The van der Waals surface area contributed by atoms with Crippen LogP contribution in [0, 0.1) is 18.8 Å². The van der Waals surface area contributed by atoms with Gasteiger partial charge in [-0.2, -0.15) is 4.31 Å². The van der Waals surface area contributed by atoms with Crippen LogP contribution in [0.2, 0.25) is 0 Å². The Balaban J connectivity index is 2.43. The van der Waals surface area contributed by atoms with Crippen molar-refractivity contribution in [3.63, 3.8) is 0 Å². The van der Waals surface area contributed by atoms with E-state index in [0.29, 0.717) is 17.0 Å². The molecule has 1 aromatic rings. The second-order valence-corrected chi connectivity index (χ2v) is 7.26. The Morgan fingerprint density at radius 2 is 2.14 bits per heavy atom. The van der Waals surface area contributed by atoms with E-state index in [4.69, 9.17) is 5.11 Å². The number of sulfonamides is 1. The van der Waals surface area contributed by atoms with Crippen LogP contribution in [0.4, 0.5) is 0 Å². The fourth-order valence-electron chi connectivity index (χ4n) is 2.65. The van der Waals surface area contributed by atoms with Crippen molar-refractivity contribution in [1.29, 1.82) is 0 Å². The van der Waals surface area contributed by atoms with Gasteiger partial charge >= 0.3 is 0 Å². The van der Waals surface area contributed by atoms with Gasteiger partial charge in [-0.15, -0.1) is 0 Å². The molecule has 0 aliphatic carbocycles. The third kappa shape index (κ3) is 3.46. The number of aliphatic hydroxyl groups excluding tert-OH is 1. The maximum Gasteiger partial charge on any atom is 0.243 e. The predicted molar refractivity (Wildman–Crippen MR) is 82.3 cm³/mol. The molecule has 1 aliphatic rings. The Morgan fingerprint density at radius 1 is 1.38 bits per heavy atom. The average molecular weight is 307 g/mol. The first-order valence-electron chi connectivity index (χ1n) is 7.19. The molecule has 0 aromatic heterocycles. The lowest BCUT2D eigenvalue weighted by atomic mass is 10.1. The summed E-state index contributed by atoms with van der Waals surface area (Å²) in [6.07, 6.45) is 2.89. The van der Waals surface area contributed by atoms with Crippen LogP contribution in [0.25, 0.3) is 0 Å². The maximum atomic E-state index is 12.9. The molecule has 1 aliphatic heterocycles. The zero-order chi connectivity index (χ0) is 15.5. The van der Waals surface area contributed by atoms with E-state index in [1.807, 2.05) is 6.92 Å². The molecule has 1 fully saturated rings. The van der Waals surface area contributed by atoms with Crippen molar-refractivity contribution < 1.29 is 13.5 Å². The fourth-order valence-corrected chi connectivity index (χ4v) is 4.60. The molecule has 1 atom stereocenters. The van der Waals surface area contributed by atoms with Gasteiger partial charge in [0.1, 0.15) is 6.61 Å². The van der Waals surface area contributed by atoms with E-state index >= 15 is 0 Å². The highest BCUT2D eigenvalue weighted by molar-refractivity contribution is 7.89. The lowest BCUT2D eigenvalue weighted by molar-refractivity contribution is 0.268. The normalized spacial score (nSPS) is 19.9. The number of piperidine rings is 1. The molecule has 1 heterocycles. The number of aliphatic hydroxyl groups is 1. The first-order chi connectivity index (χ1) is 9.96. The molecule has 1 N–H and O–H groups in total. The van der Waals surface area contributed by atoms with E-state index < -0.39 is 10.0 Å². The molecule has 1 saturated heterocycles. The van der Waals surface area contributed by atoms with Crippen LogP contribution in [0.15, 0.2) is 23.1 Å². The SMILES string of the molecule is Cc1ccc(C#CCO)cc1S(=O)(=O)N1CCCCC1C. The van der Waals surface area contributed by atoms with Crippen molar-refractivity contribution in [2.45, 2.75) is 44.0 Å². The standard InChI is InChI=1S/C16H21NO3S/c1-13-8-9-15(7-5-11-18)12-16(13)21(19,20)17-10-4-3-6-14(17)2/h8-9,12,14,18H,3-4,6,10-11H2,1-2H3. The Morgan fingerprint density at radius 3 is 2.81 bits per heavy atom. The summed E-state index contributed by atoms with van der Waals surface area (Å²) < 4.78 is 27.3. The van der Waals surface area contributed by atoms with Gasteiger partial charge in [0.05, 0.1) is 4.90 Å². The van der Waals surface area contributed by atoms with Gasteiger partial charge in [0.2, 0.25) is 10.0 Å². The minimum absolute atomic E-state index is 0.0373. The number of nitrogens with zero attached hydrogens (tertiary/aromatic N) is 1. The van der Waals surface area contributed by atoms with Crippen LogP contribution < -0.4 is 0 Å². The van der Waals surface area contributed by atoms with Crippen molar-refractivity contribution in [2.24, 2.45) is 0 Å². The molecule has 5 heteroatoms. The summed E-state index contributed by atoms with van der Waals surface area (Å²) in [4.78, 5) is 0.320. The van der Waals surface area contributed by atoms with Gasteiger partial charge in [0, 0.05) is 18.2 Å². The maximum absolute atomic E-state index is 12.9. The van der Waals surface area contributed by atoms with Crippen molar-refractivity contribution >= 4 is 10.0 Å². The zero-order valence-electron chi connectivity index (χ0n) is 12.5. The minimum Gasteiger partial charge on any atom is -0.384 e. The van der Waals surface area contributed by atoms with E-state index in [-0.39, 0.29) is 12.6 Å². The summed E-state index contributed by atoms with van der Waals surface area (Å²) in [5, 5.41) is 8.75. The minimum atomic E-state index is -3.49. The van der Waals surface area contributed by atoms with Crippen LogP contribution >= 0.6 is 0 Å². The second-order valence-electron chi connectivity index (χ2n) is 5.40. The van der Waals surface area contributed by atoms with Gasteiger partial charge in [-0.25, -0.2) is 8.42 Å². The lowest BCUT2D eigenvalue weighted by Gasteiger charge is -2.32. The molecule has 114 valence electrons. The van der Waals surface area contributed by atoms with Gasteiger partial charge < -0.3 is 5.11 Å². The topological polar surface area (TPSA) is 57.6 Å². The molecule has 4 nitrogen and oxygen atoms in total. The summed E-state index contributed by atoms with van der Waals surface area (Å²) in [5.41, 5.74) is 1.33. The molecule has 2 rings (SSSR count). The van der Waals surface area contributed by atoms with E-state index in [1.54, 1.807) is 29.4 Å². The van der Waals surface area contributed by atoms with E-state index in [0.717, 1.165) is 24.8 Å². The van der Waals surface area contributed by atoms with E-state index in [1.165, 1.54) is 0 Å². The lowest BCUT2D eigenvalue weighted by Crippen LogP contribution is -2.42. The Hall–Kier alpha value is -1.35. The molecule has 0 bridgehead atoms. The van der Waals surface area contributed by atoms with Gasteiger partial charge in [0.15, 0.2) is 0 Å². The first kappa shape index (κ1) is 16.0. The van der Waals surface area contributed by atoms with Crippen LogP contribution in [-0.4, -0.2) is 37.0 Å². The molecule has 0 amide bonds. The molecule has 0 spiro atoms. The number of rotatable bonds is 2. The molecule has 21 heavy (non-hydrogen) atoms. The summed E-state index contributed by atoms with van der Waals surface area (Å²) in [5.74, 6) is 5.31. The second kappa shape index (κ2) is 6.61. The van der Waals surface area contributed by atoms with Crippen LogP contribution in [-0.2, 0) is 10.0 Å². The number of hydrogen-bond acceptors (Lipinski definition) is 3. The molecule has 0 saturated carbocycles. The van der Waals surface area contributed by atoms with Gasteiger partial charge in [-0.1, -0.05) is 24.3 Å². The van der Waals surface area contributed by atoms with E-state index in [2.05, 4.69) is 11.8 Å². The third-order valence-corrected chi connectivity index (χ3v) is 5.98. The molecule has 0 radical (unpaired) electrons. The highest BCUT2D eigenvalue weighted by Crippen LogP contribution is 2.27. The number of aryl methyl sites for hydroxylation is 1. The highest BCUT2D eigenvalue weighted by atomic mass is 32.2. The zero-order valence-corrected chi connectivity index (χ0v) is 13.3. The van der Waals surface area contributed by atoms with Crippen molar-refractivity contribution in [1.82, 2.24) is 4.31 Å². The van der Waals surface area contributed by atoms with Gasteiger partial charge in [-0.3, -0.25) is 0 Å². The largest absolute Gasteiger partial charge is 0.384 e. The number of hydrogen-bond donors (Lipinski definition) is 1. The summed E-state index contributed by atoms with van der Waals surface area (Å²) in [6.45, 7) is 4.10. The van der Waals surface area contributed by atoms with Crippen molar-refractivity contribution in [3.8, 4) is 11.8 Å². The summed E-state index contributed by atoms with van der Waals surface area (Å²) in [7, 11) is -3.49. The monoisotopic (exact) mass is 307 g/mol. The average Bonchev–Trinajstić information content (AvgIpc) is 2.46. The highest BCUT2D eigenvalue weighted by Gasteiger charge is 2.31. The molecular formula is C16H21NO3S. The third-order valence-electron chi connectivity index (χ3n) is 3.83. The Labute approximate surface area is 126 Å². The molecular weight excluding hydrogens is 286 g/mol. The fraction of sp³-hybridized carbons (Fsp3) is 0.500. The predicted octanol–water partition coefficient (Wildman–Crippen LogP) is 1.90. The van der Waals surface area contributed by atoms with Crippen LogP contribution in [0.3, 0.4) is 0 Å². The Kier molecular flexibility index (Phi) is 5.04. The number of benzene rings is 1. The quantitative estimate of drug-likeness (QED) is 0.849. The van der Waals surface area contributed by atoms with Crippen LogP contribution in [0.1, 0.15) is 37.3 Å². The van der Waals surface area contributed by atoms with Gasteiger partial charge in [-0.05, 0) is 44.4 Å². The van der Waals surface area contributed by atoms with E-state index in [9.17, 15) is 8.42 Å². The van der Waals surface area contributed by atoms with Crippen molar-refractivity contribution in [2.75, 3.05) is 13.2 Å². The summed E-state index contributed by atoms with van der Waals surface area (Å²) in [6, 6.07) is 5.18. The first-order valence-corrected chi connectivity index (χ1v) is 8.63. The summed E-state index contributed by atoms with van der Waals surface area (Å²) >= 11 is 0. The van der Waals surface area contributed by atoms with Gasteiger partial charge in [0.25, 0.3) is 0 Å². The van der Waals surface area contributed by atoms with Crippen molar-refractivity contribution in [3.05, 3.63) is 29.3 Å². The Bertz CT molecular complexity index is 670. The smallest absolute Gasteiger partial charge is 0.243 e. The molecule has 1 aromatic carbocycles. The van der Waals surface area contributed by atoms with Crippen LogP contribution in [0.5, 0.6) is 0 Å².